The van der Waals surface area contributed by atoms with Crippen LogP contribution in [0.4, 0.5) is 10.2 Å². The molecule has 1 saturated heterocycles. The van der Waals surface area contributed by atoms with Crippen molar-refractivity contribution in [3.63, 3.8) is 0 Å². The van der Waals surface area contributed by atoms with Gasteiger partial charge < -0.3 is 23.8 Å². The molecule has 2 unspecified atom stereocenters. The number of rotatable bonds is 14. The Labute approximate surface area is 313 Å². The molecular weight excluding hydrogens is 671 g/mol. The summed E-state index contributed by atoms with van der Waals surface area (Å²) in [5.74, 6) is 1.45. The number of aromatic nitrogens is 3. The second kappa shape index (κ2) is 16.6. The second-order valence-electron chi connectivity index (χ2n) is 15.5. The highest BCUT2D eigenvalue weighted by molar-refractivity contribution is 5.81. The first-order valence-electron chi connectivity index (χ1n) is 18.5. The molecular formula is C43H55FN4O5. The first-order chi connectivity index (χ1) is 25.1. The van der Waals surface area contributed by atoms with Gasteiger partial charge in [-0.2, -0.15) is 0 Å². The van der Waals surface area contributed by atoms with Crippen LogP contribution >= 0.6 is 0 Å². The van der Waals surface area contributed by atoms with Crippen molar-refractivity contribution in [1.82, 2.24) is 14.4 Å². The largest absolute Gasteiger partial charge is 0.490 e. The highest BCUT2D eigenvalue weighted by Gasteiger charge is 2.38. The molecule has 2 atom stereocenters. The summed E-state index contributed by atoms with van der Waals surface area (Å²) in [7, 11) is 1.37. The minimum absolute atomic E-state index is 0.128. The van der Waals surface area contributed by atoms with Crippen LogP contribution in [0.3, 0.4) is 0 Å². The van der Waals surface area contributed by atoms with Crippen LogP contribution in [-0.4, -0.2) is 64.5 Å². The van der Waals surface area contributed by atoms with Crippen molar-refractivity contribution in [1.29, 1.82) is 0 Å². The van der Waals surface area contributed by atoms with Crippen molar-refractivity contribution in [3.8, 4) is 28.1 Å². The fourth-order valence-electron chi connectivity index (χ4n) is 6.65. The minimum atomic E-state index is -1.03. The van der Waals surface area contributed by atoms with Crippen LogP contribution in [0, 0.1) is 18.7 Å². The molecule has 9 nitrogen and oxygen atoms in total. The Bertz CT molecular complexity index is 1940. The number of fused-ring (bicyclic) bond motifs is 1. The summed E-state index contributed by atoms with van der Waals surface area (Å²) < 4.78 is 40.9. The number of carbonyl (C=O) groups excluding carboxylic acids is 1. The highest BCUT2D eigenvalue weighted by Crippen LogP contribution is 2.40. The third-order valence-corrected chi connectivity index (χ3v) is 9.37. The zero-order valence-corrected chi connectivity index (χ0v) is 32.7. The van der Waals surface area contributed by atoms with Gasteiger partial charge in [-0.05, 0) is 90.1 Å². The molecule has 10 heteroatoms. The number of halogens is 1. The number of anilines is 1. The van der Waals surface area contributed by atoms with Crippen LogP contribution < -0.4 is 9.64 Å². The van der Waals surface area contributed by atoms with Crippen LogP contribution in [-0.2, 0) is 19.0 Å². The predicted molar refractivity (Wildman–Crippen MR) is 209 cm³/mol. The van der Waals surface area contributed by atoms with Gasteiger partial charge in [-0.15, -0.1) is 6.58 Å². The molecule has 0 N–H and O–H groups in total. The number of esters is 1. The molecule has 0 amide bonds. The highest BCUT2D eigenvalue weighted by atomic mass is 19.1. The van der Waals surface area contributed by atoms with E-state index in [1.807, 2.05) is 69.5 Å². The van der Waals surface area contributed by atoms with Gasteiger partial charge in [-0.1, -0.05) is 50.3 Å². The zero-order valence-electron chi connectivity index (χ0n) is 32.7. The summed E-state index contributed by atoms with van der Waals surface area (Å²) in [5.41, 5.74) is 3.22. The van der Waals surface area contributed by atoms with Gasteiger partial charge in [-0.3, -0.25) is 4.40 Å². The van der Waals surface area contributed by atoms with E-state index in [1.165, 1.54) is 19.2 Å². The molecule has 0 radical (unpaired) electrons. The first-order valence-corrected chi connectivity index (χ1v) is 18.5. The van der Waals surface area contributed by atoms with Crippen molar-refractivity contribution in [2.75, 3.05) is 31.7 Å². The molecule has 3 heterocycles. The molecule has 0 saturated carbocycles. The maximum absolute atomic E-state index is 14.6. The predicted octanol–water partition coefficient (Wildman–Crippen LogP) is 9.47. The van der Waals surface area contributed by atoms with E-state index in [0.29, 0.717) is 66.1 Å². The van der Waals surface area contributed by atoms with Gasteiger partial charge in [-0.25, -0.2) is 19.2 Å². The zero-order chi connectivity index (χ0) is 38.5. The number of hydrogen-bond donors (Lipinski definition) is 0. The first kappa shape index (κ1) is 39.7. The number of hydrogen-bond acceptors (Lipinski definition) is 8. The smallest absolute Gasteiger partial charge is 0.339 e. The second-order valence-corrected chi connectivity index (χ2v) is 15.5. The summed E-state index contributed by atoms with van der Waals surface area (Å²) >= 11 is 0. The molecule has 1 aliphatic heterocycles. The van der Waals surface area contributed by atoms with E-state index in [2.05, 4.69) is 44.4 Å². The average Bonchev–Trinajstić information content (AvgIpc) is 3.53. The molecule has 5 rings (SSSR count). The van der Waals surface area contributed by atoms with Crippen LogP contribution in [0.2, 0.25) is 0 Å². The molecule has 2 aromatic heterocycles. The Morgan fingerprint density at radius 2 is 1.79 bits per heavy atom. The van der Waals surface area contributed by atoms with Gasteiger partial charge >= 0.3 is 5.97 Å². The molecule has 53 heavy (non-hydrogen) atoms. The van der Waals surface area contributed by atoms with Gasteiger partial charge in [0.1, 0.15) is 17.4 Å². The van der Waals surface area contributed by atoms with Crippen molar-refractivity contribution < 1.29 is 28.1 Å². The molecule has 0 spiro atoms. The van der Waals surface area contributed by atoms with E-state index in [4.69, 9.17) is 28.9 Å². The Kier molecular flexibility index (Phi) is 12.5. The Balaban J connectivity index is 1.60. The maximum atomic E-state index is 14.6. The quantitative estimate of drug-likeness (QED) is 0.0939. The molecule has 1 fully saturated rings. The molecule has 2 aromatic carbocycles. The maximum Gasteiger partial charge on any atom is 0.339 e. The van der Waals surface area contributed by atoms with Gasteiger partial charge in [0.2, 0.25) is 5.78 Å². The third kappa shape index (κ3) is 9.72. The lowest BCUT2D eigenvalue weighted by Gasteiger charge is -2.41. The number of methoxy groups -OCH3 is 1. The standard InChI is InChI=1S/C43H55FN4O5/c1-11-14-29(4)52-36-19-18-33(44)26-34(36)31-16-12-17-32(25-31)35-27-48-39(47-22-20-43(9,21-23-47)51-24-13-15-28(2)3)37(30(5)45-41(48)46-35)38(40(49)50-10)53-42(6,7)8/h11-13,15-19,25-29,38H,1,14,20-24H2,2-10H3. The van der Waals surface area contributed by atoms with E-state index in [0.717, 1.165) is 29.8 Å². The molecule has 0 bridgehead atoms. The van der Waals surface area contributed by atoms with Crippen LogP contribution in [0.15, 0.2) is 73.5 Å². The number of aryl methyl sites for hydroxylation is 1. The van der Waals surface area contributed by atoms with Gasteiger partial charge in [0, 0.05) is 36.8 Å². The van der Waals surface area contributed by atoms with Crippen LogP contribution in [0.1, 0.15) is 85.1 Å². The van der Waals surface area contributed by atoms with Crippen molar-refractivity contribution in [3.05, 3.63) is 90.5 Å². The van der Waals surface area contributed by atoms with E-state index in [-0.39, 0.29) is 17.5 Å². The number of carbonyl (C=O) groups is 1. The minimum Gasteiger partial charge on any atom is -0.490 e. The van der Waals surface area contributed by atoms with E-state index in [9.17, 15) is 9.18 Å². The molecule has 0 aliphatic carbocycles. The summed E-state index contributed by atoms with van der Waals surface area (Å²) in [6, 6.07) is 12.4. The normalized spacial score (nSPS) is 15.9. The molecule has 4 aromatic rings. The summed E-state index contributed by atoms with van der Waals surface area (Å²) in [6.45, 7) is 21.8. The van der Waals surface area contributed by atoms with Gasteiger partial charge in [0.25, 0.3) is 0 Å². The SMILES string of the molecule is C=CCC(C)Oc1ccc(F)cc1-c1cccc(-c2cn3c(N4CCC(C)(OCC=CC(C)C)CC4)c(C(OC(C)(C)C)C(=O)OC)c(C)nc3n2)c1. The Morgan fingerprint density at radius 3 is 2.45 bits per heavy atom. The van der Waals surface area contributed by atoms with E-state index in [1.54, 1.807) is 12.1 Å². The number of imidazole rings is 1. The van der Waals surface area contributed by atoms with E-state index >= 15 is 0 Å². The topological polar surface area (TPSA) is 87.4 Å². The summed E-state index contributed by atoms with van der Waals surface area (Å²) in [5, 5.41) is 0. The number of nitrogens with zero attached hydrogens (tertiary/aromatic N) is 4. The number of allylic oxidation sites excluding steroid dienone is 1. The summed E-state index contributed by atoms with van der Waals surface area (Å²) in [6.07, 6.45) is 9.06. The Morgan fingerprint density at radius 1 is 1.08 bits per heavy atom. The van der Waals surface area contributed by atoms with Gasteiger partial charge in [0.05, 0.1) is 48.0 Å². The molecule has 284 valence electrons. The molecule has 1 aliphatic rings. The lowest BCUT2D eigenvalue weighted by atomic mass is 9.92. The van der Waals surface area contributed by atoms with Crippen molar-refractivity contribution in [2.45, 2.75) is 98.1 Å². The summed E-state index contributed by atoms with van der Waals surface area (Å²) in [4.78, 5) is 25.7. The number of benzene rings is 2. The average molecular weight is 727 g/mol. The van der Waals surface area contributed by atoms with Gasteiger partial charge in [0.15, 0.2) is 6.10 Å². The Hall–Kier alpha value is -4.54. The third-order valence-electron chi connectivity index (χ3n) is 9.37. The number of ether oxygens (including phenoxy) is 4. The van der Waals surface area contributed by atoms with Crippen molar-refractivity contribution >= 4 is 17.6 Å². The van der Waals surface area contributed by atoms with E-state index < -0.39 is 17.7 Å². The van der Waals surface area contributed by atoms with Crippen molar-refractivity contribution in [2.24, 2.45) is 5.92 Å². The lowest BCUT2D eigenvalue weighted by molar-refractivity contribution is -0.164. The van der Waals surface area contributed by atoms with Crippen LogP contribution in [0.25, 0.3) is 28.2 Å². The monoisotopic (exact) mass is 726 g/mol. The number of piperidine rings is 1. The lowest BCUT2D eigenvalue weighted by Crippen LogP contribution is -2.45. The van der Waals surface area contributed by atoms with Crippen LogP contribution in [0.5, 0.6) is 5.75 Å². The fourth-order valence-corrected chi connectivity index (χ4v) is 6.65. The fraction of sp³-hybridized carbons (Fsp3) is 0.465.